The molecule has 8 nitrogen and oxygen atoms in total. The molecule has 1 aromatic rings. The van der Waals surface area contributed by atoms with Crippen LogP contribution in [0.2, 0.25) is 0 Å². The summed E-state index contributed by atoms with van der Waals surface area (Å²) in [5, 5.41) is 2.23. The molecule has 0 bridgehead atoms. The minimum atomic E-state index is -4.69. The van der Waals surface area contributed by atoms with Gasteiger partial charge in [-0.2, -0.15) is 13.2 Å². The number of nitrogens with two attached hydrogens (primary N) is 1. The molecule has 2 aliphatic rings. The second-order valence-electron chi connectivity index (χ2n) is 8.31. The molecule has 1 aliphatic carbocycles. The van der Waals surface area contributed by atoms with Crippen molar-refractivity contribution in [3.63, 3.8) is 0 Å². The lowest BCUT2D eigenvalue weighted by Gasteiger charge is -2.35. The van der Waals surface area contributed by atoms with Crippen LogP contribution in [-0.2, 0) is 19.1 Å². The van der Waals surface area contributed by atoms with E-state index < -0.39 is 48.5 Å². The summed E-state index contributed by atoms with van der Waals surface area (Å²) < 4.78 is 71.9. The Bertz CT molecular complexity index is 923. The zero-order chi connectivity index (χ0) is 25.0. The van der Waals surface area contributed by atoms with Gasteiger partial charge in [-0.1, -0.05) is 6.42 Å². The Balaban J connectivity index is 1.83. The largest absolute Gasteiger partial charge is 0.401 e. The van der Waals surface area contributed by atoms with Gasteiger partial charge in [-0.25, -0.2) is 8.78 Å². The van der Waals surface area contributed by atoms with Gasteiger partial charge in [0.2, 0.25) is 5.91 Å². The number of carbonyl (C=O) groups is 3. The molecule has 0 radical (unpaired) electrons. The number of nitrogens with zero attached hydrogens (tertiary/aromatic N) is 2. The number of hydrogen-bond acceptors (Lipinski definition) is 5. The van der Waals surface area contributed by atoms with E-state index in [2.05, 4.69) is 5.32 Å². The number of halogens is 5. The summed E-state index contributed by atoms with van der Waals surface area (Å²) in [6.45, 7) is -1.73. The number of ether oxygens (including phenoxy) is 1. The summed E-state index contributed by atoms with van der Waals surface area (Å²) in [7, 11) is 0. The van der Waals surface area contributed by atoms with E-state index in [1.165, 1.54) is 12.1 Å². The standard InChI is InChI=1S/C21H25F5N4O4/c22-18(23)14-8-13(4-5-15(14)30-6-7-34-10-16(30)31)28-20(33)17(19(27)32)29(11-21(24,25)26)9-12-2-1-3-12/h4-5,8,12,17-18H,1-3,6-7,9-11H2,(H2,27,32)(H,28,33)/t17-/m1/s1. The number of hydrogen-bond donors (Lipinski definition) is 2. The SMILES string of the molecule is NC(=O)[C@H](C(=O)Nc1ccc(N2CCOCC2=O)c(C(F)F)c1)N(CC1CCC1)CC(F)(F)F. The van der Waals surface area contributed by atoms with Crippen LogP contribution < -0.4 is 16.0 Å². The van der Waals surface area contributed by atoms with Crippen LogP contribution >= 0.6 is 0 Å². The van der Waals surface area contributed by atoms with Gasteiger partial charge in [0.05, 0.1) is 18.8 Å². The molecular formula is C21H25F5N4O4. The third-order valence-corrected chi connectivity index (χ3v) is 5.79. The van der Waals surface area contributed by atoms with Crippen LogP contribution in [0.25, 0.3) is 0 Å². The van der Waals surface area contributed by atoms with Gasteiger partial charge < -0.3 is 20.7 Å². The van der Waals surface area contributed by atoms with Crippen molar-refractivity contribution in [3.05, 3.63) is 23.8 Å². The van der Waals surface area contributed by atoms with Crippen LogP contribution in [0.4, 0.5) is 33.3 Å². The number of amides is 3. The quantitative estimate of drug-likeness (QED) is 0.407. The molecule has 0 spiro atoms. The van der Waals surface area contributed by atoms with Crippen LogP contribution in [-0.4, -0.2) is 67.7 Å². The van der Waals surface area contributed by atoms with Crippen LogP contribution in [0.15, 0.2) is 18.2 Å². The van der Waals surface area contributed by atoms with Crippen molar-refractivity contribution in [2.75, 3.05) is 43.1 Å². The first-order valence-electron chi connectivity index (χ1n) is 10.7. The molecule has 0 aromatic heterocycles. The Morgan fingerprint density at radius 2 is 1.97 bits per heavy atom. The Morgan fingerprint density at radius 1 is 1.26 bits per heavy atom. The summed E-state index contributed by atoms with van der Waals surface area (Å²) in [5.41, 5.74) is 4.46. The summed E-state index contributed by atoms with van der Waals surface area (Å²) in [6.07, 6.45) is -5.53. The highest BCUT2D eigenvalue weighted by Gasteiger charge is 2.41. The summed E-state index contributed by atoms with van der Waals surface area (Å²) in [5.74, 6) is -3.07. The van der Waals surface area contributed by atoms with Crippen LogP contribution in [0.1, 0.15) is 31.3 Å². The summed E-state index contributed by atoms with van der Waals surface area (Å²) >= 11 is 0. The second kappa shape index (κ2) is 10.6. The Hall–Kier alpha value is -2.80. The monoisotopic (exact) mass is 492 g/mol. The van der Waals surface area contributed by atoms with Crippen molar-refractivity contribution in [2.24, 2.45) is 11.7 Å². The zero-order valence-corrected chi connectivity index (χ0v) is 18.1. The molecular weight excluding hydrogens is 467 g/mol. The van der Waals surface area contributed by atoms with Gasteiger partial charge in [0.25, 0.3) is 18.2 Å². The van der Waals surface area contributed by atoms with Crippen LogP contribution in [0.3, 0.4) is 0 Å². The first-order chi connectivity index (χ1) is 16.0. The second-order valence-corrected chi connectivity index (χ2v) is 8.31. The first-order valence-corrected chi connectivity index (χ1v) is 10.7. The van der Waals surface area contributed by atoms with Gasteiger partial charge in [-0.3, -0.25) is 19.3 Å². The Kier molecular flexibility index (Phi) is 8.08. The Labute approximate surface area is 192 Å². The molecule has 34 heavy (non-hydrogen) atoms. The van der Waals surface area contributed by atoms with Gasteiger partial charge in [0, 0.05) is 24.3 Å². The van der Waals surface area contributed by atoms with Crippen molar-refractivity contribution < 1.29 is 41.1 Å². The molecule has 1 aliphatic heterocycles. The highest BCUT2D eigenvalue weighted by atomic mass is 19.4. The molecule has 1 heterocycles. The number of nitrogens with one attached hydrogen (secondary N) is 1. The predicted octanol–water partition coefficient (Wildman–Crippen LogP) is 2.44. The lowest BCUT2D eigenvalue weighted by atomic mass is 9.84. The number of alkyl halides is 5. The van der Waals surface area contributed by atoms with Gasteiger partial charge >= 0.3 is 6.18 Å². The fourth-order valence-electron chi connectivity index (χ4n) is 4.01. The minimum Gasteiger partial charge on any atom is -0.370 e. The highest BCUT2D eigenvalue weighted by Crippen LogP contribution is 2.34. The predicted molar refractivity (Wildman–Crippen MR) is 111 cm³/mol. The number of anilines is 2. The fraction of sp³-hybridized carbons (Fsp3) is 0.571. The number of benzene rings is 1. The lowest BCUT2D eigenvalue weighted by Crippen LogP contribution is -2.56. The highest BCUT2D eigenvalue weighted by molar-refractivity contribution is 6.09. The normalized spacial score (nSPS) is 18.2. The topological polar surface area (TPSA) is 105 Å². The number of primary amides is 1. The maximum Gasteiger partial charge on any atom is 0.401 e. The maximum atomic E-state index is 13.7. The van der Waals surface area contributed by atoms with E-state index in [0.29, 0.717) is 17.7 Å². The van der Waals surface area contributed by atoms with E-state index >= 15 is 0 Å². The van der Waals surface area contributed by atoms with Gasteiger partial charge in [0.15, 0.2) is 6.04 Å². The van der Waals surface area contributed by atoms with Gasteiger partial charge in [-0.05, 0) is 37.0 Å². The molecule has 188 valence electrons. The maximum absolute atomic E-state index is 13.7. The molecule has 3 amide bonds. The lowest BCUT2D eigenvalue weighted by molar-refractivity contribution is -0.159. The third kappa shape index (κ3) is 6.41. The third-order valence-electron chi connectivity index (χ3n) is 5.79. The molecule has 1 saturated heterocycles. The van der Waals surface area contributed by atoms with E-state index in [0.717, 1.165) is 17.4 Å². The van der Waals surface area contributed by atoms with Crippen molar-refractivity contribution >= 4 is 29.1 Å². The molecule has 1 aromatic carbocycles. The molecule has 2 fully saturated rings. The molecule has 1 atom stereocenters. The Morgan fingerprint density at radius 3 is 2.50 bits per heavy atom. The smallest absolute Gasteiger partial charge is 0.370 e. The van der Waals surface area contributed by atoms with Crippen molar-refractivity contribution in [2.45, 2.75) is 37.9 Å². The zero-order valence-electron chi connectivity index (χ0n) is 18.1. The number of rotatable bonds is 9. The molecule has 1 saturated carbocycles. The van der Waals surface area contributed by atoms with E-state index in [1.54, 1.807) is 0 Å². The average molecular weight is 492 g/mol. The van der Waals surface area contributed by atoms with E-state index in [9.17, 15) is 36.3 Å². The van der Waals surface area contributed by atoms with Gasteiger partial charge in [0.1, 0.15) is 6.61 Å². The molecule has 0 unspecified atom stereocenters. The van der Waals surface area contributed by atoms with E-state index in [1.807, 2.05) is 0 Å². The minimum absolute atomic E-state index is 0.0571. The van der Waals surface area contributed by atoms with Crippen LogP contribution in [0.5, 0.6) is 0 Å². The van der Waals surface area contributed by atoms with Crippen molar-refractivity contribution in [1.82, 2.24) is 4.90 Å². The van der Waals surface area contributed by atoms with Gasteiger partial charge in [-0.15, -0.1) is 0 Å². The number of morpholine rings is 1. The molecule has 3 rings (SSSR count). The summed E-state index contributed by atoms with van der Waals surface area (Å²) in [4.78, 5) is 38.6. The first kappa shape index (κ1) is 25.8. The summed E-state index contributed by atoms with van der Waals surface area (Å²) in [6, 6.07) is 1.39. The van der Waals surface area contributed by atoms with Crippen molar-refractivity contribution in [1.29, 1.82) is 0 Å². The van der Waals surface area contributed by atoms with Crippen molar-refractivity contribution in [3.8, 4) is 0 Å². The fourth-order valence-corrected chi connectivity index (χ4v) is 4.01. The van der Waals surface area contributed by atoms with E-state index in [-0.39, 0.29) is 43.6 Å². The molecule has 3 N–H and O–H groups in total. The molecule has 13 heteroatoms. The number of carbonyl (C=O) groups excluding carboxylic acids is 3. The van der Waals surface area contributed by atoms with Crippen LogP contribution in [0, 0.1) is 5.92 Å². The van der Waals surface area contributed by atoms with E-state index in [4.69, 9.17) is 10.5 Å². The average Bonchev–Trinajstić information content (AvgIpc) is 2.69.